The van der Waals surface area contributed by atoms with Crippen LogP contribution >= 0.6 is 11.9 Å². The van der Waals surface area contributed by atoms with Crippen LogP contribution in [0.2, 0.25) is 0 Å². The average molecular weight is 242 g/mol. The fourth-order valence-electron chi connectivity index (χ4n) is 1.99. The molecule has 0 spiro atoms. The normalized spacial score (nSPS) is 32.7. The topological polar surface area (TPSA) is 40.3 Å². The van der Waals surface area contributed by atoms with E-state index in [2.05, 4.69) is 44.0 Å². The number of quaternary nitrogens is 1. The van der Waals surface area contributed by atoms with Crippen molar-refractivity contribution in [1.82, 2.24) is 4.31 Å². The Kier molecular flexibility index (Phi) is 2.51. The summed E-state index contributed by atoms with van der Waals surface area (Å²) < 4.78 is 2.20. The molecule has 0 fully saturated rings. The number of hydroxylamine groups is 2. The summed E-state index contributed by atoms with van der Waals surface area (Å²) in [6.07, 6.45) is 0. The summed E-state index contributed by atoms with van der Waals surface area (Å²) in [6, 6.07) is 0. The number of hydrogen-bond donors (Lipinski definition) is 2. The molecule has 5 heteroatoms. The predicted octanol–water partition coefficient (Wildman–Crippen LogP) is 1.26. The van der Waals surface area contributed by atoms with Crippen molar-refractivity contribution in [2.24, 2.45) is 10.4 Å². The molecule has 0 amide bonds. The number of hydrogen-bond acceptors (Lipinski definition) is 4. The van der Waals surface area contributed by atoms with E-state index in [0.29, 0.717) is 5.06 Å². The molecule has 0 bridgehead atoms. The van der Waals surface area contributed by atoms with Crippen LogP contribution in [0, 0.1) is 5.41 Å². The van der Waals surface area contributed by atoms with E-state index < -0.39 is 0 Å². The van der Waals surface area contributed by atoms with Crippen molar-refractivity contribution in [1.29, 1.82) is 0 Å². The van der Waals surface area contributed by atoms with Crippen LogP contribution in [0.15, 0.2) is 15.7 Å². The van der Waals surface area contributed by atoms with Crippen LogP contribution in [-0.4, -0.2) is 27.9 Å². The van der Waals surface area contributed by atoms with Gasteiger partial charge in [-0.15, -0.1) is 5.06 Å². The Labute approximate surface area is 101 Å². The van der Waals surface area contributed by atoms with Crippen molar-refractivity contribution in [2.75, 3.05) is 7.05 Å². The SMILES string of the molecule is CC1=NC2=C(SN(C)C(C)(C)C2(C)C)[NH+]1O. The highest BCUT2D eigenvalue weighted by molar-refractivity contribution is 8.00. The molecule has 1 unspecified atom stereocenters. The van der Waals surface area contributed by atoms with Gasteiger partial charge in [0, 0.05) is 29.8 Å². The Morgan fingerprint density at radius 3 is 2.44 bits per heavy atom. The minimum atomic E-state index is -0.0753. The highest BCUT2D eigenvalue weighted by Crippen LogP contribution is 2.51. The van der Waals surface area contributed by atoms with Gasteiger partial charge in [0.15, 0.2) is 0 Å². The first kappa shape index (κ1) is 12.1. The Morgan fingerprint density at radius 1 is 1.31 bits per heavy atom. The maximum absolute atomic E-state index is 9.99. The summed E-state index contributed by atoms with van der Waals surface area (Å²) in [7, 11) is 2.07. The standard InChI is InChI=1S/C11H19N3OS/c1-7-12-8-9(14(7)15)16-13(6)11(4,5)10(8,2)3/h15H,1-6H3/p+1. The molecule has 2 N–H and O–H groups in total. The van der Waals surface area contributed by atoms with Gasteiger partial charge in [-0.3, -0.25) is 0 Å². The molecule has 2 aliphatic heterocycles. The molecule has 0 radical (unpaired) electrons. The summed E-state index contributed by atoms with van der Waals surface area (Å²) in [5.74, 6) is 0.733. The molecule has 4 nitrogen and oxygen atoms in total. The first-order valence-corrected chi connectivity index (χ1v) is 6.25. The minimum Gasteiger partial charge on any atom is -0.238 e. The molecular weight excluding hydrogens is 222 g/mol. The van der Waals surface area contributed by atoms with Crippen LogP contribution in [0.3, 0.4) is 0 Å². The third kappa shape index (κ3) is 1.32. The lowest BCUT2D eigenvalue weighted by Crippen LogP contribution is -3.09. The molecule has 0 aliphatic carbocycles. The van der Waals surface area contributed by atoms with Crippen molar-refractivity contribution in [2.45, 2.75) is 40.2 Å². The zero-order chi connectivity index (χ0) is 12.3. The summed E-state index contributed by atoms with van der Waals surface area (Å²) in [4.78, 5) is 4.54. The summed E-state index contributed by atoms with van der Waals surface area (Å²) in [6.45, 7) is 10.7. The average Bonchev–Trinajstić information content (AvgIpc) is 2.44. The van der Waals surface area contributed by atoms with E-state index in [4.69, 9.17) is 0 Å². The molecule has 1 atom stereocenters. The van der Waals surface area contributed by atoms with Crippen molar-refractivity contribution < 1.29 is 10.3 Å². The maximum Gasteiger partial charge on any atom is 0.242 e. The van der Waals surface area contributed by atoms with Gasteiger partial charge >= 0.3 is 0 Å². The van der Waals surface area contributed by atoms with E-state index in [-0.39, 0.29) is 11.0 Å². The van der Waals surface area contributed by atoms with Crippen molar-refractivity contribution >= 4 is 17.8 Å². The van der Waals surface area contributed by atoms with E-state index >= 15 is 0 Å². The van der Waals surface area contributed by atoms with Crippen LogP contribution in [-0.2, 0) is 0 Å². The summed E-state index contributed by atoms with van der Waals surface area (Å²) >= 11 is 1.59. The Hall–Kier alpha value is -0.360. The Balaban J connectivity index is 2.55. The third-order valence-corrected chi connectivity index (χ3v) is 5.49. The molecule has 2 aliphatic rings. The second-order valence-corrected chi connectivity index (χ2v) is 6.63. The van der Waals surface area contributed by atoms with Crippen LogP contribution in [0.1, 0.15) is 34.6 Å². The smallest absolute Gasteiger partial charge is 0.238 e. The predicted molar refractivity (Wildman–Crippen MR) is 66.1 cm³/mol. The lowest BCUT2D eigenvalue weighted by atomic mass is 9.72. The van der Waals surface area contributed by atoms with E-state index in [1.54, 1.807) is 11.9 Å². The fourth-order valence-corrected chi connectivity index (χ4v) is 3.34. The van der Waals surface area contributed by atoms with Gasteiger partial charge in [0.2, 0.25) is 10.9 Å². The highest BCUT2D eigenvalue weighted by atomic mass is 32.2. The number of aliphatic imine (C=N–C) groups is 1. The Morgan fingerprint density at radius 2 is 1.88 bits per heavy atom. The van der Waals surface area contributed by atoms with Crippen LogP contribution in [0.5, 0.6) is 0 Å². The molecule has 90 valence electrons. The van der Waals surface area contributed by atoms with Crippen molar-refractivity contribution in [3.05, 3.63) is 10.7 Å². The van der Waals surface area contributed by atoms with Gasteiger partial charge in [-0.05, 0) is 20.9 Å². The minimum absolute atomic E-state index is 0.00486. The summed E-state index contributed by atoms with van der Waals surface area (Å²) in [5.41, 5.74) is 0.953. The van der Waals surface area contributed by atoms with Crippen LogP contribution in [0.25, 0.3) is 0 Å². The monoisotopic (exact) mass is 242 g/mol. The molecule has 2 rings (SSSR count). The first-order chi connectivity index (χ1) is 7.19. The van der Waals surface area contributed by atoms with Gasteiger partial charge in [-0.25, -0.2) is 9.51 Å². The van der Waals surface area contributed by atoms with E-state index in [1.807, 2.05) is 6.92 Å². The lowest BCUT2D eigenvalue weighted by Gasteiger charge is -2.49. The first-order valence-electron chi connectivity index (χ1n) is 5.48. The Bertz CT molecular complexity index is 398. The van der Waals surface area contributed by atoms with Gasteiger partial charge in [0.1, 0.15) is 5.70 Å². The number of nitrogens with zero attached hydrogens (tertiary/aromatic N) is 2. The second-order valence-electron chi connectivity index (χ2n) is 5.50. The summed E-state index contributed by atoms with van der Waals surface area (Å²) in [5, 5.41) is 11.3. The number of amidine groups is 1. The lowest BCUT2D eigenvalue weighted by molar-refractivity contribution is -0.971. The van der Waals surface area contributed by atoms with Gasteiger partial charge in [0.25, 0.3) is 0 Å². The van der Waals surface area contributed by atoms with E-state index in [9.17, 15) is 5.21 Å². The number of rotatable bonds is 0. The van der Waals surface area contributed by atoms with Crippen molar-refractivity contribution in [3.8, 4) is 0 Å². The van der Waals surface area contributed by atoms with Crippen LogP contribution in [0.4, 0.5) is 0 Å². The molecular formula is C11H20N3OS+. The zero-order valence-electron chi connectivity index (χ0n) is 10.7. The van der Waals surface area contributed by atoms with Gasteiger partial charge < -0.3 is 0 Å². The molecule has 2 heterocycles. The van der Waals surface area contributed by atoms with Crippen LogP contribution < -0.4 is 5.06 Å². The largest absolute Gasteiger partial charge is 0.242 e. The van der Waals surface area contributed by atoms with Gasteiger partial charge in [-0.1, -0.05) is 13.8 Å². The quantitative estimate of drug-likeness (QED) is 0.628. The van der Waals surface area contributed by atoms with E-state index in [0.717, 1.165) is 16.6 Å². The van der Waals surface area contributed by atoms with E-state index in [1.165, 1.54) is 0 Å². The maximum atomic E-state index is 9.99. The zero-order valence-corrected chi connectivity index (χ0v) is 11.6. The molecule has 0 aromatic carbocycles. The number of nitrogens with one attached hydrogen (secondary N) is 1. The second kappa shape index (κ2) is 3.32. The van der Waals surface area contributed by atoms with Gasteiger partial charge in [-0.2, -0.15) is 4.99 Å². The molecule has 0 saturated heterocycles. The molecule has 16 heavy (non-hydrogen) atoms. The van der Waals surface area contributed by atoms with Gasteiger partial charge in [0.05, 0.1) is 0 Å². The van der Waals surface area contributed by atoms with Crippen molar-refractivity contribution in [3.63, 3.8) is 0 Å². The highest BCUT2D eigenvalue weighted by Gasteiger charge is 2.54. The molecule has 0 aromatic heterocycles. The third-order valence-electron chi connectivity index (χ3n) is 4.19. The molecule has 0 saturated carbocycles. The molecule has 0 aromatic rings. The fraction of sp³-hybridized carbons (Fsp3) is 0.727.